The number of nitrogens with one attached hydrogen (secondary N) is 1. The molecule has 2 N–H and O–H groups in total. The fourth-order valence-electron chi connectivity index (χ4n) is 2.48. The lowest BCUT2D eigenvalue weighted by atomic mass is 9.87. The highest BCUT2D eigenvalue weighted by Gasteiger charge is 2.21. The summed E-state index contributed by atoms with van der Waals surface area (Å²) in [6.07, 6.45) is 6.24. The maximum absolute atomic E-state index is 11.2. The number of hydrogen-bond donors (Lipinski definition) is 2. The molecule has 0 amide bonds. The van der Waals surface area contributed by atoms with Gasteiger partial charge in [-0.15, -0.1) is 0 Å². The highest BCUT2D eigenvalue weighted by atomic mass is 79.9. The third kappa shape index (κ3) is 3.22. The van der Waals surface area contributed by atoms with E-state index < -0.39 is 5.97 Å². The van der Waals surface area contributed by atoms with Crippen LogP contribution in [0.1, 0.15) is 43.0 Å². The average Bonchev–Trinajstić information content (AvgIpc) is 2.31. The van der Waals surface area contributed by atoms with Gasteiger partial charge in [0, 0.05) is 16.7 Å². The Bertz CT molecular complexity index is 451. The minimum Gasteiger partial charge on any atom is -0.478 e. The molecule has 98 valence electrons. The molecule has 2 rings (SSSR count). The normalized spacial score (nSPS) is 23.7. The summed E-state index contributed by atoms with van der Waals surface area (Å²) >= 11 is 3.25. The lowest BCUT2D eigenvalue weighted by Gasteiger charge is -2.28. The van der Waals surface area contributed by atoms with Gasteiger partial charge >= 0.3 is 5.97 Å². The minimum atomic E-state index is -0.949. The topological polar surface area (TPSA) is 62.2 Å². The van der Waals surface area contributed by atoms with Crippen LogP contribution in [0.3, 0.4) is 0 Å². The van der Waals surface area contributed by atoms with Gasteiger partial charge in [-0.2, -0.15) is 0 Å². The van der Waals surface area contributed by atoms with Crippen molar-refractivity contribution >= 4 is 27.7 Å². The lowest BCUT2D eigenvalue weighted by molar-refractivity contribution is 0.0697. The van der Waals surface area contributed by atoms with Crippen LogP contribution in [0.25, 0.3) is 0 Å². The molecule has 0 saturated heterocycles. The molecule has 0 radical (unpaired) electrons. The molecule has 4 nitrogen and oxygen atoms in total. The Labute approximate surface area is 115 Å². The second-order valence-electron chi connectivity index (χ2n) is 4.97. The maximum atomic E-state index is 11.2. The van der Waals surface area contributed by atoms with Crippen LogP contribution in [0.2, 0.25) is 0 Å². The Hall–Kier alpha value is -1.10. The van der Waals surface area contributed by atoms with Crippen LogP contribution in [-0.2, 0) is 0 Å². The summed E-state index contributed by atoms with van der Waals surface area (Å²) in [7, 11) is 0. The zero-order chi connectivity index (χ0) is 13.1. The molecule has 1 aromatic rings. The smallest absolute Gasteiger partial charge is 0.339 e. The molecule has 18 heavy (non-hydrogen) atoms. The van der Waals surface area contributed by atoms with E-state index in [9.17, 15) is 9.90 Å². The highest BCUT2D eigenvalue weighted by molar-refractivity contribution is 9.10. The number of carbonyl (C=O) groups is 1. The van der Waals surface area contributed by atoms with Crippen molar-refractivity contribution in [2.24, 2.45) is 5.92 Å². The predicted octanol–water partition coefficient (Wildman–Crippen LogP) is 3.53. The second-order valence-corrected chi connectivity index (χ2v) is 5.88. The Morgan fingerprint density at radius 3 is 3.00 bits per heavy atom. The molecule has 0 aromatic carbocycles. The van der Waals surface area contributed by atoms with Gasteiger partial charge in [0.1, 0.15) is 11.4 Å². The molecule has 1 fully saturated rings. The van der Waals surface area contributed by atoms with Crippen molar-refractivity contribution in [2.75, 3.05) is 5.32 Å². The van der Waals surface area contributed by atoms with Gasteiger partial charge in [0.05, 0.1) is 0 Å². The van der Waals surface area contributed by atoms with Crippen molar-refractivity contribution in [3.8, 4) is 0 Å². The number of nitrogens with zero attached hydrogens (tertiary/aromatic N) is 1. The standard InChI is InChI=1S/C13H17BrN2O2/c1-8-3-2-4-10(5-8)16-12-11(13(17)18)6-9(14)7-15-12/h6-8,10H,2-5H2,1H3,(H,15,16)(H,17,18). The van der Waals surface area contributed by atoms with Crippen LogP contribution in [0, 0.1) is 5.92 Å². The van der Waals surface area contributed by atoms with Gasteiger partial charge in [-0.3, -0.25) is 0 Å². The molecule has 5 heteroatoms. The van der Waals surface area contributed by atoms with E-state index in [1.54, 1.807) is 12.3 Å². The van der Waals surface area contributed by atoms with Crippen molar-refractivity contribution in [3.63, 3.8) is 0 Å². The third-order valence-electron chi connectivity index (χ3n) is 3.36. The monoisotopic (exact) mass is 312 g/mol. The number of carboxylic acid groups (broad SMARTS) is 1. The van der Waals surface area contributed by atoms with E-state index in [1.165, 1.54) is 12.8 Å². The fraction of sp³-hybridized carbons (Fsp3) is 0.538. The molecule has 1 heterocycles. The number of aromatic nitrogens is 1. The summed E-state index contributed by atoms with van der Waals surface area (Å²) in [6.45, 7) is 2.24. The van der Waals surface area contributed by atoms with Crippen LogP contribution in [0.5, 0.6) is 0 Å². The van der Waals surface area contributed by atoms with E-state index in [1.807, 2.05) is 0 Å². The number of anilines is 1. The maximum Gasteiger partial charge on any atom is 0.339 e. The fourth-order valence-corrected chi connectivity index (χ4v) is 2.81. The van der Waals surface area contributed by atoms with Gasteiger partial charge in [-0.25, -0.2) is 9.78 Å². The third-order valence-corrected chi connectivity index (χ3v) is 3.80. The number of hydrogen-bond acceptors (Lipinski definition) is 3. The Morgan fingerprint density at radius 1 is 1.56 bits per heavy atom. The summed E-state index contributed by atoms with van der Waals surface area (Å²) in [5, 5.41) is 12.4. The number of pyridine rings is 1. The molecule has 2 unspecified atom stereocenters. The number of rotatable bonds is 3. The number of carboxylic acids is 1. The summed E-state index contributed by atoms with van der Waals surface area (Å²) < 4.78 is 0.683. The van der Waals surface area contributed by atoms with Crippen LogP contribution >= 0.6 is 15.9 Å². The quantitative estimate of drug-likeness (QED) is 0.896. The van der Waals surface area contributed by atoms with Gasteiger partial charge in [0.15, 0.2) is 0 Å². The van der Waals surface area contributed by atoms with Crippen LogP contribution in [0.4, 0.5) is 5.82 Å². The highest BCUT2D eigenvalue weighted by Crippen LogP contribution is 2.27. The van der Waals surface area contributed by atoms with Gasteiger partial charge in [0.2, 0.25) is 0 Å². The first-order valence-electron chi connectivity index (χ1n) is 6.21. The summed E-state index contributed by atoms with van der Waals surface area (Å²) in [4.78, 5) is 15.4. The van der Waals surface area contributed by atoms with E-state index in [2.05, 4.69) is 33.2 Å². The zero-order valence-electron chi connectivity index (χ0n) is 10.3. The minimum absolute atomic E-state index is 0.225. The molecule has 0 spiro atoms. The SMILES string of the molecule is CC1CCCC(Nc2ncc(Br)cc2C(=O)O)C1. The van der Waals surface area contributed by atoms with Gasteiger partial charge < -0.3 is 10.4 Å². The zero-order valence-corrected chi connectivity index (χ0v) is 11.9. The molecule has 0 bridgehead atoms. The molecule has 1 aliphatic carbocycles. The summed E-state index contributed by atoms with van der Waals surface area (Å²) in [6, 6.07) is 1.92. The van der Waals surface area contributed by atoms with Gasteiger partial charge in [-0.05, 0) is 40.8 Å². The molecule has 1 aliphatic rings. The predicted molar refractivity (Wildman–Crippen MR) is 73.9 cm³/mol. The van der Waals surface area contributed by atoms with Gasteiger partial charge in [-0.1, -0.05) is 19.8 Å². The molecule has 1 saturated carbocycles. The first kappa shape index (κ1) is 13.3. The molecule has 1 aromatic heterocycles. The number of halogens is 1. The van der Waals surface area contributed by atoms with Crippen molar-refractivity contribution in [2.45, 2.75) is 38.6 Å². The average molecular weight is 313 g/mol. The first-order chi connectivity index (χ1) is 8.56. The Morgan fingerprint density at radius 2 is 2.33 bits per heavy atom. The molecule has 0 aliphatic heterocycles. The van der Waals surface area contributed by atoms with Crippen molar-refractivity contribution in [3.05, 3.63) is 22.3 Å². The van der Waals surface area contributed by atoms with Crippen molar-refractivity contribution in [1.82, 2.24) is 4.98 Å². The Kier molecular flexibility index (Phi) is 4.22. The van der Waals surface area contributed by atoms with Crippen molar-refractivity contribution in [1.29, 1.82) is 0 Å². The van der Waals surface area contributed by atoms with Gasteiger partial charge in [0.25, 0.3) is 0 Å². The second kappa shape index (κ2) is 5.69. The Balaban J connectivity index is 2.15. The van der Waals surface area contributed by atoms with E-state index in [0.29, 0.717) is 22.3 Å². The van der Waals surface area contributed by atoms with Crippen LogP contribution < -0.4 is 5.32 Å². The molecule has 2 atom stereocenters. The van der Waals surface area contributed by atoms with Crippen molar-refractivity contribution < 1.29 is 9.90 Å². The number of aromatic carboxylic acids is 1. The van der Waals surface area contributed by atoms with E-state index in [4.69, 9.17) is 0 Å². The van der Waals surface area contributed by atoms with Crippen LogP contribution in [0.15, 0.2) is 16.7 Å². The van der Waals surface area contributed by atoms with Crippen LogP contribution in [-0.4, -0.2) is 22.1 Å². The lowest BCUT2D eigenvalue weighted by Crippen LogP contribution is -2.27. The molecular weight excluding hydrogens is 296 g/mol. The van der Waals surface area contributed by atoms with E-state index >= 15 is 0 Å². The summed E-state index contributed by atoms with van der Waals surface area (Å²) in [5.41, 5.74) is 0.225. The largest absolute Gasteiger partial charge is 0.478 e. The first-order valence-corrected chi connectivity index (χ1v) is 7.01. The molecular formula is C13H17BrN2O2. The summed E-state index contributed by atoms with van der Waals surface area (Å²) in [5.74, 6) is 0.222. The van der Waals surface area contributed by atoms with E-state index in [-0.39, 0.29) is 5.56 Å². The van der Waals surface area contributed by atoms with E-state index in [0.717, 1.165) is 12.8 Å².